The summed E-state index contributed by atoms with van der Waals surface area (Å²) >= 11 is 0. The topological polar surface area (TPSA) is 52.7 Å². The van der Waals surface area contributed by atoms with E-state index < -0.39 is 10.0 Å². The summed E-state index contributed by atoms with van der Waals surface area (Å²) < 4.78 is 26.9. The number of fused-ring (bicyclic) bond motifs is 1. The Kier molecular flexibility index (Phi) is 6.40. The van der Waals surface area contributed by atoms with E-state index in [4.69, 9.17) is 6.42 Å². The molecule has 0 radical (unpaired) electrons. The summed E-state index contributed by atoms with van der Waals surface area (Å²) in [6.45, 7) is 1.98. The predicted molar refractivity (Wildman–Crippen MR) is 115 cm³/mol. The standard InChI is InChI=1S/C22H27N3O2S/c1-4-15-28(26,27)23-16-22(19-9-11-21(12-10-19)24(2)3)25-14-13-18-7-5-6-8-20(18)17-25/h1,5-12,22-23H,13-17H2,2-3H3/t22-/m0/s1. The minimum atomic E-state index is -3.48. The number of benzene rings is 2. The van der Waals surface area contributed by atoms with Gasteiger partial charge in [0.15, 0.2) is 0 Å². The van der Waals surface area contributed by atoms with Gasteiger partial charge in [-0.05, 0) is 35.2 Å². The number of sulfonamides is 1. The van der Waals surface area contributed by atoms with Gasteiger partial charge in [0.1, 0.15) is 5.75 Å². The molecular formula is C22H27N3O2S. The van der Waals surface area contributed by atoms with E-state index in [1.165, 1.54) is 11.1 Å². The largest absolute Gasteiger partial charge is 0.378 e. The van der Waals surface area contributed by atoms with E-state index in [1.807, 2.05) is 19.0 Å². The second-order valence-electron chi connectivity index (χ2n) is 7.30. The Morgan fingerprint density at radius 2 is 1.82 bits per heavy atom. The SMILES string of the molecule is C#CCS(=O)(=O)NC[C@@H](c1ccc(N(C)C)cc1)N1CCc2ccccc2C1. The molecule has 1 aliphatic heterocycles. The van der Waals surface area contributed by atoms with E-state index in [2.05, 4.69) is 64.1 Å². The third kappa shape index (κ3) is 4.93. The van der Waals surface area contributed by atoms with E-state index in [-0.39, 0.29) is 11.8 Å². The first-order chi connectivity index (χ1) is 13.4. The molecule has 0 amide bonds. The van der Waals surface area contributed by atoms with E-state index in [1.54, 1.807) is 0 Å². The van der Waals surface area contributed by atoms with E-state index in [0.717, 1.165) is 30.8 Å². The zero-order chi connectivity index (χ0) is 20.1. The van der Waals surface area contributed by atoms with Crippen molar-refractivity contribution in [3.63, 3.8) is 0 Å². The zero-order valence-corrected chi connectivity index (χ0v) is 17.2. The van der Waals surface area contributed by atoms with Crippen LogP contribution in [0.25, 0.3) is 0 Å². The smallest absolute Gasteiger partial charge is 0.222 e. The fourth-order valence-electron chi connectivity index (χ4n) is 3.60. The lowest BCUT2D eigenvalue weighted by Gasteiger charge is -2.36. The van der Waals surface area contributed by atoms with Gasteiger partial charge in [-0.1, -0.05) is 42.3 Å². The van der Waals surface area contributed by atoms with E-state index in [0.29, 0.717) is 6.54 Å². The number of terminal acetylenes is 1. The molecule has 148 valence electrons. The lowest BCUT2D eigenvalue weighted by molar-refractivity contribution is 0.180. The Bertz CT molecular complexity index is 946. The van der Waals surface area contributed by atoms with Crippen LogP contribution >= 0.6 is 0 Å². The highest BCUT2D eigenvalue weighted by Gasteiger charge is 2.26. The Labute approximate surface area is 168 Å². The van der Waals surface area contributed by atoms with Gasteiger partial charge in [-0.3, -0.25) is 4.90 Å². The van der Waals surface area contributed by atoms with Crippen LogP contribution < -0.4 is 9.62 Å². The second-order valence-corrected chi connectivity index (χ2v) is 9.11. The first-order valence-electron chi connectivity index (χ1n) is 9.38. The number of nitrogens with zero attached hydrogens (tertiary/aromatic N) is 2. The lowest BCUT2D eigenvalue weighted by Crippen LogP contribution is -2.41. The molecule has 6 heteroatoms. The van der Waals surface area contributed by atoms with Gasteiger partial charge in [0.05, 0.1) is 0 Å². The van der Waals surface area contributed by atoms with Crippen LogP contribution in [0, 0.1) is 12.3 Å². The van der Waals surface area contributed by atoms with Crippen molar-refractivity contribution in [2.45, 2.75) is 19.0 Å². The molecule has 2 aromatic carbocycles. The first kappa shape index (κ1) is 20.4. The third-order valence-corrected chi connectivity index (χ3v) is 6.32. The maximum Gasteiger partial charge on any atom is 0.222 e. The monoisotopic (exact) mass is 397 g/mol. The number of hydrogen-bond acceptors (Lipinski definition) is 4. The average molecular weight is 398 g/mol. The van der Waals surface area contributed by atoms with Crippen molar-refractivity contribution in [3.8, 4) is 12.3 Å². The number of anilines is 1. The Balaban J connectivity index is 1.85. The van der Waals surface area contributed by atoms with Gasteiger partial charge in [0, 0.05) is 45.5 Å². The van der Waals surface area contributed by atoms with Gasteiger partial charge in [-0.15, -0.1) is 6.42 Å². The molecule has 1 atom stereocenters. The van der Waals surface area contributed by atoms with Crippen molar-refractivity contribution in [1.29, 1.82) is 0 Å². The summed E-state index contributed by atoms with van der Waals surface area (Å²) in [5.74, 6) is 1.91. The highest BCUT2D eigenvalue weighted by molar-refractivity contribution is 7.89. The van der Waals surface area contributed by atoms with Crippen LogP contribution in [0.2, 0.25) is 0 Å². The molecular weight excluding hydrogens is 370 g/mol. The quantitative estimate of drug-likeness (QED) is 0.729. The summed E-state index contributed by atoms with van der Waals surface area (Å²) in [7, 11) is 0.527. The van der Waals surface area contributed by atoms with Crippen molar-refractivity contribution in [1.82, 2.24) is 9.62 Å². The number of nitrogens with one attached hydrogen (secondary N) is 1. The molecule has 28 heavy (non-hydrogen) atoms. The first-order valence-corrected chi connectivity index (χ1v) is 11.0. The Hall–Kier alpha value is -2.33. The molecule has 0 saturated heterocycles. The van der Waals surface area contributed by atoms with Crippen LogP contribution in [-0.4, -0.2) is 46.3 Å². The zero-order valence-electron chi connectivity index (χ0n) is 16.4. The molecule has 0 unspecified atom stereocenters. The van der Waals surface area contributed by atoms with Crippen molar-refractivity contribution in [3.05, 3.63) is 65.2 Å². The summed E-state index contributed by atoms with van der Waals surface area (Å²) in [5, 5.41) is 0. The van der Waals surface area contributed by atoms with Crippen LogP contribution in [0.15, 0.2) is 48.5 Å². The minimum absolute atomic E-state index is 0.0582. The molecule has 2 aromatic rings. The number of rotatable bonds is 7. The van der Waals surface area contributed by atoms with Crippen LogP contribution in [0.5, 0.6) is 0 Å². The summed E-state index contributed by atoms with van der Waals surface area (Å²) in [4.78, 5) is 4.39. The van der Waals surface area contributed by atoms with Crippen molar-refractivity contribution < 1.29 is 8.42 Å². The highest BCUT2D eigenvalue weighted by Crippen LogP contribution is 2.28. The fraction of sp³-hybridized carbons (Fsp3) is 0.364. The lowest BCUT2D eigenvalue weighted by atomic mass is 9.96. The van der Waals surface area contributed by atoms with Crippen molar-refractivity contribution >= 4 is 15.7 Å². The highest BCUT2D eigenvalue weighted by atomic mass is 32.2. The fourth-order valence-corrected chi connectivity index (χ4v) is 4.34. The molecule has 0 aromatic heterocycles. The molecule has 0 saturated carbocycles. The summed E-state index contributed by atoms with van der Waals surface area (Å²) in [6.07, 6.45) is 6.15. The molecule has 3 rings (SSSR count). The predicted octanol–water partition coefficient (Wildman–Crippen LogP) is 2.40. The minimum Gasteiger partial charge on any atom is -0.378 e. The maximum absolute atomic E-state index is 12.1. The van der Waals surface area contributed by atoms with Gasteiger partial charge >= 0.3 is 0 Å². The Morgan fingerprint density at radius 3 is 2.46 bits per heavy atom. The molecule has 1 aliphatic rings. The van der Waals surface area contributed by atoms with Crippen molar-refractivity contribution in [2.24, 2.45) is 0 Å². The van der Waals surface area contributed by atoms with Crippen LogP contribution in [-0.2, 0) is 23.0 Å². The van der Waals surface area contributed by atoms with E-state index >= 15 is 0 Å². The molecule has 5 nitrogen and oxygen atoms in total. The van der Waals surface area contributed by atoms with Gasteiger partial charge < -0.3 is 4.90 Å². The summed E-state index contributed by atoms with van der Waals surface area (Å²) in [6, 6.07) is 16.7. The van der Waals surface area contributed by atoms with Gasteiger partial charge in [0.25, 0.3) is 0 Å². The molecule has 1 heterocycles. The van der Waals surface area contributed by atoms with Crippen molar-refractivity contribution in [2.75, 3.05) is 37.8 Å². The van der Waals surface area contributed by atoms with Gasteiger partial charge in [0.2, 0.25) is 10.0 Å². The molecule has 1 N–H and O–H groups in total. The van der Waals surface area contributed by atoms with Gasteiger partial charge in [-0.2, -0.15) is 0 Å². The summed E-state index contributed by atoms with van der Waals surface area (Å²) in [5.41, 5.74) is 4.87. The van der Waals surface area contributed by atoms with Gasteiger partial charge in [-0.25, -0.2) is 13.1 Å². The van der Waals surface area contributed by atoms with Crippen LogP contribution in [0.1, 0.15) is 22.7 Å². The average Bonchev–Trinajstić information content (AvgIpc) is 2.68. The van der Waals surface area contributed by atoms with Crippen LogP contribution in [0.3, 0.4) is 0 Å². The Morgan fingerprint density at radius 1 is 1.14 bits per heavy atom. The molecule has 0 spiro atoms. The number of hydrogen-bond donors (Lipinski definition) is 1. The van der Waals surface area contributed by atoms with E-state index in [9.17, 15) is 8.42 Å². The maximum atomic E-state index is 12.1. The molecule has 0 aliphatic carbocycles. The molecule has 0 bridgehead atoms. The molecule has 0 fully saturated rings. The normalized spacial score (nSPS) is 15.5. The second kappa shape index (κ2) is 8.78. The van der Waals surface area contributed by atoms with Crippen LogP contribution in [0.4, 0.5) is 5.69 Å². The third-order valence-electron chi connectivity index (χ3n) is 5.17.